The predicted octanol–water partition coefficient (Wildman–Crippen LogP) is 3.72. The van der Waals surface area contributed by atoms with E-state index in [9.17, 15) is 4.79 Å². The van der Waals surface area contributed by atoms with Gasteiger partial charge in [-0.1, -0.05) is 35.3 Å². The first-order valence-electron chi connectivity index (χ1n) is 5.98. The van der Waals surface area contributed by atoms with Crippen LogP contribution in [-0.2, 0) is 4.74 Å². The number of rotatable bonds is 2. The van der Waals surface area contributed by atoms with Crippen molar-refractivity contribution in [2.24, 2.45) is 0 Å². The largest absolute Gasteiger partial charge is 0.465 e. The van der Waals surface area contributed by atoms with E-state index in [-0.39, 0.29) is 5.97 Å². The smallest absolute Gasteiger partial charge is 0.337 e. The summed E-state index contributed by atoms with van der Waals surface area (Å²) in [5, 5.41) is 0.707. The number of aromatic nitrogens is 3. The summed E-state index contributed by atoms with van der Waals surface area (Å²) >= 11 is 12.0. The second-order valence-corrected chi connectivity index (χ2v) is 5.06. The Labute approximate surface area is 129 Å². The molecule has 0 bridgehead atoms. The first-order valence-corrected chi connectivity index (χ1v) is 6.74. The number of ether oxygens (including phenoxy) is 1. The molecular weight excluding hydrogens is 313 g/mol. The SMILES string of the molecule is COC(=O)c1ccc(-c2nc3c(Cl)c(Cl)cnc3[nH]2)cc1. The van der Waals surface area contributed by atoms with Crippen molar-refractivity contribution in [2.45, 2.75) is 0 Å². The number of esters is 1. The summed E-state index contributed by atoms with van der Waals surface area (Å²) in [7, 11) is 1.34. The fourth-order valence-electron chi connectivity index (χ4n) is 1.92. The van der Waals surface area contributed by atoms with Gasteiger partial charge < -0.3 is 9.72 Å². The molecule has 1 aromatic carbocycles. The maximum absolute atomic E-state index is 11.4. The number of H-pyrrole nitrogens is 1. The lowest BCUT2D eigenvalue weighted by atomic mass is 10.1. The van der Waals surface area contributed by atoms with Gasteiger partial charge in [-0.2, -0.15) is 0 Å². The van der Waals surface area contributed by atoms with Crippen molar-refractivity contribution in [3.05, 3.63) is 46.1 Å². The average molecular weight is 322 g/mol. The van der Waals surface area contributed by atoms with E-state index >= 15 is 0 Å². The van der Waals surface area contributed by atoms with Gasteiger partial charge >= 0.3 is 5.97 Å². The van der Waals surface area contributed by atoms with Crippen LogP contribution in [0.5, 0.6) is 0 Å². The molecule has 0 saturated carbocycles. The van der Waals surface area contributed by atoms with Crippen molar-refractivity contribution in [1.82, 2.24) is 15.0 Å². The fourth-order valence-corrected chi connectivity index (χ4v) is 2.24. The molecule has 0 spiro atoms. The van der Waals surface area contributed by atoms with Gasteiger partial charge in [-0.15, -0.1) is 0 Å². The Balaban J connectivity index is 2.04. The molecule has 0 radical (unpaired) electrons. The number of carbonyl (C=O) groups is 1. The van der Waals surface area contributed by atoms with E-state index in [1.165, 1.54) is 13.3 Å². The van der Waals surface area contributed by atoms with Gasteiger partial charge in [-0.25, -0.2) is 14.8 Å². The minimum Gasteiger partial charge on any atom is -0.465 e. The molecular formula is C14H9Cl2N3O2. The van der Waals surface area contributed by atoms with Crippen LogP contribution >= 0.6 is 23.2 Å². The third-order valence-electron chi connectivity index (χ3n) is 2.99. The first-order chi connectivity index (χ1) is 10.1. The lowest BCUT2D eigenvalue weighted by Gasteiger charge is -2.00. The van der Waals surface area contributed by atoms with Crippen molar-refractivity contribution in [3.8, 4) is 11.4 Å². The van der Waals surface area contributed by atoms with Crippen LogP contribution < -0.4 is 0 Å². The van der Waals surface area contributed by atoms with E-state index in [4.69, 9.17) is 23.2 Å². The van der Waals surface area contributed by atoms with Gasteiger partial charge in [0.05, 0.1) is 22.7 Å². The van der Waals surface area contributed by atoms with E-state index < -0.39 is 0 Å². The van der Waals surface area contributed by atoms with Crippen LogP contribution in [-0.4, -0.2) is 28.0 Å². The number of benzene rings is 1. The van der Waals surface area contributed by atoms with Crippen molar-refractivity contribution in [3.63, 3.8) is 0 Å². The third kappa shape index (κ3) is 2.46. The summed E-state index contributed by atoms with van der Waals surface area (Å²) in [6.07, 6.45) is 1.47. The normalized spacial score (nSPS) is 10.8. The summed E-state index contributed by atoms with van der Waals surface area (Å²) in [5.41, 5.74) is 2.33. The maximum atomic E-state index is 11.4. The molecule has 7 heteroatoms. The molecule has 2 heterocycles. The van der Waals surface area contributed by atoms with Gasteiger partial charge in [0.15, 0.2) is 5.65 Å². The number of hydrogen-bond donors (Lipinski definition) is 1. The van der Waals surface area contributed by atoms with Gasteiger partial charge in [0.2, 0.25) is 0 Å². The molecule has 0 aliphatic heterocycles. The Bertz CT molecular complexity index is 828. The zero-order chi connectivity index (χ0) is 15.0. The molecule has 0 aliphatic rings. The van der Waals surface area contributed by atoms with Gasteiger partial charge in [0, 0.05) is 11.8 Å². The molecule has 0 aliphatic carbocycles. The third-order valence-corrected chi connectivity index (χ3v) is 3.75. The number of nitrogens with zero attached hydrogens (tertiary/aromatic N) is 2. The van der Waals surface area contributed by atoms with Crippen LogP contribution in [0.1, 0.15) is 10.4 Å². The number of halogens is 2. The number of aromatic amines is 1. The molecule has 106 valence electrons. The standard InChI is InChI=1S/C14H9Cl2N3O2/c1-21-14(20)8-4-2-7(3-5-8)12-18-11-10(16)9(15)6-17-13(11)19-12/h2-6H,1H3,(H,17,18,19). The monoisotopic (exact) mass is 321 g/mol. The lowest BCUT2D eigenvalue weighted by molar-refractivity contribution is 0.0601. The number of methoxy groups -OCH3 is 1. The zero-order valence-corrected chi connectivity index (χ0v) is 12.4. The Hall–Kier alpha value is -2.11. The van der Waals surface area contributed by atoms with Crippen molar-refractivity contribution < 1.29 is 9.53 Å². The van der Waals surface area contributed by atoms with E-state index in [0.29, 0.717) is 32.6 Å². The quantitative estimate of drug-likeness (QED) is 0.730. The predicted molar refractivity (Wildman–Crippen MR) is 80.7 cm³/mol. The zero-order valence-electron chi connectivity index (χ0n) is 10.9. The van der Waals surface area contributed by atoms with Gasteiger partial charge in [-0.3, -0.25) is 0 Å². The molecule has 0 unspecified atom stereocenters. The second-order valence-electron chi connectivity index (χ2n) is 4.27. The Morgan fingerprint density at radius 3 is 2.62 bits per heavy atom. The van der Waals surface area contributed by atoms with Gasteiger partial charge in [0.1, 0.15) is 11.3 Å². The summed E-state index contributed by atoms with van der Waals surface area (Å²) < 4.78 is 4.65. The highest BCUT2D eigenvalue weighted by molar-refractivity contribution is 6.44. The van der Waals surface area contributed by atoms with E-state index in [1.54, 1.807) is 24.3 Å². The van der Waals surface area contributed by atoms with Crippen molar-refractivity contribution in [2.75, 3.05) is 7.11 Å². The van der Waals surface area contributed by atoms with E-state index in [0.717, 1.165) is 5.56 Å². The highest BCUT2D eigenvalue weighted by Crippen LogP contribution is 2.29. The molecule has 2 aromatic heterocycles. The van der Waals surface area contributed by atoms with Crippen LogP contribution in [0.15, 0.2) is 30.5 Å². The first kappa shape index (κ1) is 13.9. The summed E-state index contributed by atoms with van der Waals surface area (Å²) in [6.45, 7) is 0. The number of fused-ring (bicyclic) bond motifs is 1. The molecule has 5 nitrogen and oxygen atoms in total. The number of pyridine rings is 1. The van der Waals surface area contributed by atoms with E-state index in [1.807, 2.05) is 0 Å². The van der Waals surface area contributed by atoms with Crippen molar-refractivity contribution in [1.29, 1.82) is 0 Å². The van der Waals surface area contributed by atoms with Crippen LogP contribution in [0.25, 0.3) is 22.6 Å². The molecule has 3 aromatic rings. The van der Waals surface area contributed by atoms with Gasteiger partial charge in [0.25, 0.3) is 0 Å². The summed E-state index contributed by atoms with van der Waals surface area (Å²) in [5.74, 6) is 0.209. The maximum Gasteiger partial charge on any atom is 0.337 e. The van der Waals surface area contributed by atoms with Crippen LogP contribution in [0, 0.1) is 0 Å². The molecule has 3 rings (SSSR count). The number of carbonyl (C=O) groups excluding carboxylic acids is 1. The fraction of sp³-hybridized carbons (Fsp3) is 0.0714. The number of imidazole rings is 1. The molecule has 0 fully saturated rings. The highest BCUT2D eigenvalue weighted by atomic mass is 35.5. The van der Waals surface area contributed by atoms with Crippen LogP contribution in [0.4, 0.5) is 0 Å². The second kappa shape index (κ2) is 5.35. The highest BCUT2D eigenvalue weighted by Gasteiger charge is 2.12. The van der Waals surface area contributed by atoms with Crippen molar-refractivity contribution >= 4 is 40.3 Å². The molecule has 0 atom stereocenters. The lowest BCUT2D eigenvalue weighted by Crippen LogP contribution is -2.00. The number of hydrogen-bond acceptors (Lipinski definition) is 4. The van der Waals surface area contributed by atoms with Gasteiger partial charge in [-0.05, 0) is 12.1 Å². The minimum absolute atomic E-state index is 0.350. The number of nitrogens with one attached hydrogen (secondary N) is 1. The summed E-state index contributed by atoms with van der Waals surface area (Å²) in [6, 6.07) is 6.85. The molecule has 0 amide bonds. The minimum atomic E-state index is -0.386. The molecule has 21 heavy (non-hydrogen) atoms. The molecule has 0 saturated heterocycles. The Morgan fingerprint density at radius 1 is 1.24 bits per heavy atom. The summed E-state index contributed by atoms with van der Waals surface area (Å²) in [4.78, 5) is 23.0. The Kier molecular flexibility index (Phi) is 3.53. The Morgan fingerprint density at radius 2 is 1.95 bits per heavy atom. The van der Waals surface area contributed by atoms with E-state index in [2.05, 4.69) is 19.7 Å². The van der Waals surface area contributed by atoms with Crippen LogP contribution in [0.2, 0.25) is 10.0 Å². The average Bonchev–Trinajstić information content (AvgIpc) is 2.95. The van der Waals surface area contributed by atoms with Crippen LogP contribution in [0.3, 0.4) is 0 Å². The topological polar surface area (TPSA) is 67.9 Å². The molecule has 1 N–H and O–H groups in total.